The highest BCUT2D eigenvalue weighted by Gasteiger charge is 2.17. The minimum Gasteiger partial charge on any atom is -0.309 e. The number of benzene rings is 1. The third-order valence-electron chi connectivity index (χ3n) is 3.22. The fourth-order valence-electron chi connectivity index (χ4n) is 2.24. The van der Waals surface area contributed by atoms with Gasteiger partial charge in [-0.05, 0) is 36.7 Å². The molecule has 0 spiro atoms. The maximum atomic E-state index is 6.34. The predicted molar refractivity (Wildman–Crippen MR) is 93.7 cm³/mol. The lowest BCUT2D eigenvalue weighted by atomic mass is 10.0. The lowest BCUT2D eigenvalue weighted by molar-refractivity contribution is 0.428. The van der Waals surface area contributed by atoms with E-state index in [1.54, 1.807) is 0 Å². The van der Waals surface area contributed by atoms with Gasteiger partial charge < -0.3 is 5.32 Å². The van der Waals surface area contributed by atoms with Crippen molar-refractivity contribution in [2.75, 3.05) is 6.54 Å². The molecule has 0 saturated heterocycles. The van der Waals surface area contributed by atoms with Gasteiger partial charge in [0.05, 0.1) is 5.02 Å². The summed E-state index contributed by atoms with van der Waals surface area (Å²) in [6, 6.07) is 10.8. The van der Waals surface area contributed by atoms with Crippen LogP contribution in [0.4, 0.5) is 0 Å². The fourth-order valence-corrected chi connectivity index (χ4v) is 4.37. The van der Waals surface area contributed by atoms with E-state index >= 15 is 0 Å². The molecule has 1 aromatic carbocycles. The maximum Gasteiger partial charge on any atom is 0.0503 e. The number of hydrogen-bond donors (Lipinski definition) is 1. The van der Waals surface area contributed by atoms with E-state index in [1.165, 1.54) is 9.75 Å². The molecule has 1 N–H and O–H groups in total. The molecule has 1 nitrogen and oxygen atoms in total. The van der Waals surface area contributed by atoms with Crippen LogP contribution in [0.1, 0.15) is 31.7 Å². The summed E-state index contributed by atoms with van der Waals surface area (Å²) in [6.07, 6.45) is 0. The van der Waals surface area contributed by atoms with Crippen molar-refractivity contribution in [2.24, 2.45) is 5.92 Å². The predicted octanol–water partition coefficient (Wildman–Crippen LogP) is 6.14. The van der Waals surface area contributed by atoms with Crippen LogP contribution in [-0.4, -0.2) is 6.54 Å². The molecule has 1 heterocycles. The first-order valence-electron chi connectivity index (χ1n) is 6.81. The zero-order chi connectivity index (χ0) is 14.7. The SMILES string of the molecule is CCNC(c1ccc(-c2ccc(Br)cc2Cl)s1)C(C)C. The first-order valence-corrected chi connectivity index (χ1v) is 8.80. The number of thiophene rings is 1. The van der Waals surface area contributed by atoms with Gasteiger partial charge in [0.1, 0.15) is 0 Å². The maximum absolute atomic E-state index is 6.34. The van der Waals surface area contributed by atoms with Gasteiger partial charge in [-0.15, -0.1) is 11.3 Å². The third kappa shape index (κ3) is 3.64. The van der Waals surface area contributed by atoms with Crippen molar-refractivity contribution in [1.82, 2.24) is 5.32 Å². The second-order valence-electron chi connectivity index (χ2n) is 5.11. The molecule has 0 aliphatic rings. The van der Waals surface area contributed by atoms with E-state index in [2.05, 4.69) is 60.2 Å². The van der Waals surface area contributed by atoms with Gasteiger partial charge in [0, 0.05) is 25.8 Å². The molecular weight excluding hydrogens is 354 g/mol. The Hall–Kier alpha value is -0.350. The first kappa shape index (κ1) is 16.0. The Bertz CT molecular complexity index is 580. The lowest BCUT2D eigenvalue weighted by Gasteiger charge is -2.20. The number of halogens is 2. The molecule has 108 valence electrons. The molecule has 1 unspecified atom stereocenters. The fraction of sp³-hybridized carbons (Fsp3) is 0.375. The van der Waals surface area contributed by atoms with E-state index < -0.39 is 0 Å². The van der Waals surface area contributed by atoms with Crippen LogP contribution in [0.3, 0.4) is 0 Å². The molecule has 0 saturated carbocycles. The van der Waals surface area contributed by atoms with Crippen LogP contribution < -0.4 is 5.32 Å². The highest BCUT2D eigenvalue weighted by molar-refractivity contribution is 9.10. The first-order chi connectivity index (χ1) is 9.52. The van der Waals surface area contributed by atoms with Crippen LogP contribution in [0, 0.1) is 5.92 Å². The van der Waals surface area contributed by atoms with Crippen molar-refractivity contribution >= 4 is 38.9 Å². The molecule has 0 fully saturated rings. The van der Waals surface area contributed by atoms with Crippen molar-refractivity contribution in [3.05, 3.63) is 44.7 Å². The molecule has 0 aliphatic heterocycles. The standard InChI is InChI=1S/C16H19BrClNS/c1-4-19-16(10(2)3)15-8-7-14(20-15)12-6-5-11(17)9-13(12)18/h5-10,16,19H,4H2,1-3H3. The Labute approximate surface area is 138 Å². The molecule has 2 aromatic rings. The summed E-state index contributed by atoms with van der Waals surface area (Å²) in [7, 11) is 0. The lowest BCUT2D eigenvalue weighted by Crippen LogP contribution is -2.24. The largest absolute Gasteiger partial charge is 0.309 e. The number of hydrogen-bond acceptors (Lipinski definition) is 2. The van der Waals surface area contributed by atoms with Gasteiger partial charge in [-0.3, -0.25) is 0 Å². The molecule has 1 atom stereocenters. The Morgan fingerprint density at radius 1 is 1.25 bits per heavy atom. The molecule has 1 aromatic heterocycles. The Morgan fingerprint density at radius 2 is 2.00 bits per heavy atom. The van der Waals surface area contributed by atoms with Crippen molar-refractivity contribution in [3.63, 3.8) is 0 Å². The Balaban J connectivity index is 2.32. The minimum absolute atomic E-state index is 0.410. The van der Waals surface area contributed by atoms with E-state index in [4.69, 9.17) is 11.6 Å². The molecule has 4 heteroatoms. The zero-order valence-corrected chi connectivity index (χ0v) is 15.1. The summed E-state index contributed by atoms with van der Waals surface area (Å²) in [5, 5.41) is 4.35. The summed E-state index contributed by atoms with van der Waals surface area (Å²) in [5.41, 5.74) is 1.10. The van der Waals surface area contributed by atoms with Crippen molar-refractivity contribution in [1.29, 1.82) is 0 Å². The van der Waals surface area contributed by atoms with E-state index in [1.807, 2.05) is 23.5 Å². The van der Waals surface area contributed by atoms with E-state index in [9.17, 15) is 0 Å². The van der Waals surface area contributed by atoms with Crippen LogP contribution in [-0.2, 0) is 0 Å². The highest BCUT2D eigenvalue weighted by atomic mass is 79.9. The van der Waals surface area contributed by atoms with Gasteiger partial charge in [0.15, 0.2) is 0 Å². The summed E-state index contributed by atoms with van der Waals surface area (Å²) in [5.74, 6) is 0.571. The van der Waals surface area contributed by atoms with Crippen molar-refractivity contribution in [3.8, 4) is 10.4 Å². The van der Waals surface area contributed by atoms with Crippen LogP contribution in [0.25, 0.3) is 10.4 Å². The third-order valence-corrected chi connectivity index (χ3v) is 5.23. The topological polar surface area (TPSA) is 12.0 Å². The van der Waals surface area contributed by atoms with Crippen LogP contribution in [0.5, 0.6) is 0 Å². The average molecular weight is 373 g/mol. The van der Waals surface area contributed by atoms with E-state index in [0.29, 0.717) is 12.0 Å². The summed E-state index contributed by atoms with van der Waals surface area (Å²) in [6.45, 7) is 7.63. The molecule has 0 bridgehead atoms. The van der Waals surface area contributed by atoms with Crippen LogP contribution in [0.2, 0.25) is 5.02 Å². The summed E-state index contributed by atoms with van der Waals surface area (Å²) >= 11 is 11.6. The second-order valence-corrected chi connectivity index (χ2v) is 7.54. The molecule has 0 aliphatic carbocycles. The van der Waals surface area contributed by atoms with E-state index in [-0.39, 0.29) is 0 Å². The monoisotopic (exact) mass is 371 g/mol. The normalized spacial score (nSPS) is 12.9. The second kappa shape index (κ2) is 7.08. The van der Waals surface area contributed by atoms with Crippen LogP contribution >= 0.6 is 38.9 Å². The minimum atomic E-state index is 0.410. The smallest absolute Gasteiger partial charge is 0.0503 e. The van der Waals surface area contributed by atoms with Crippen LogP contribution in [0.15, 0.2) is 34.8 Å². The molecule has 20 heavy (non-hydrogen) atoms. The molecule has 0 radical (unpaired) electrons. The molecular formula is C16H19BrClNS. The average Bonchev–Trinajstić information content (AvgIpc) is 2.84. The number of nitrogens with one attached hydrogen (secondary N) is 1. The van der Waals surface area contributed by atoms with Crippen molar-refractivity contribution in [2.45, 2.75) is 26.8 Å². The highest BCUT2D eigenvalue weighted by Crippen LogP contribution is 2.38. The summed E-state index contributed by atoms with van der Waals surface area (Å²) in [4.78, 5) is 2.59. The zero-order valence-electron chi connectivity index (χ0n) is 11.9. The van der Waals surface area contributed by atoms with Crippen molar-refractivity contribution < 1.29 is 0 Å². The molecule has 2 rings (SSSR count). The van der Waals surface area contributed by atoms with E-state index in [0.717, 1.165) is 21.6 Å². The Morgan fingerprint density at radius 3 is 2.60 bits per heavy atom. The van der Waals surface area contributed by atoms with Gasteiger partial charge in [-0.1, -0.05) is 54.4 Å². The summed E-state index contributed by atoms with van der Waals surface area (Å²) < 4.78 is 1.01. The van der Waals surface area contributed by atoms with Gasteiger partial charge in [-0.25, -0.2) is 0 Å². The van der Waals surface area contributed by atoms with Gasteiger partial charge in [-0.2, -0.15) is 0 Å². The van der Waals surface area contributed by atoms with Gasteiger partial charge in [0.2, 0.25) is 0 Å². The number of rotatable bonds is 5. The quantitative estimate of drug-likeness (QED) is 0.665. The van der Waals surface area contributed by atoms with Gasteiger partial charge in [0.25, 0.3) is 0 Å². The molecule has 0 amide bonds. The van der Waals surface area contributed by atoms with Gasteiger partial charge >= 0.3 is 0 Å². The Kier molecular flexibility index (Phi) is 5.67.